The van der Waals surface area contributed by atoms with Gasteiger partial charge in [0.25, 0.3) is 0 Å². The molecule has 42 heavy (non-hydrogen) atoms. The maximum atomic E-state index is 6.13. The summed E-state index contributed by atoms with van der Waals surface area (Å²) in [5.41, 5.74) is 8.57. The summed E-state index contributed by atoms with van der Waals surface area (Å²) in [5, 5.41) is 2.07. The van der Waals surface area contributed by atoms with Crippen molar-refractivity contribution in [3.05, 3.63) is 133 Å². The van der Waals surface area contributed by atoms with E-state index in [-0.39, 0.29) is 20.1 Å². The fourth-order valence-corrected chi connectivity index (χ4v) is 5.07. The molecule has 1 atom stereocenters. The molecule has 0 bridgehead atoms. The second-order valence-electron chi connectivity index (χ2n) is 10.6. The first-order chi connectivity index (χ1) is 20.1. The van der Waals surface area contributed by atoms with Crippen LogP contribution >= 0.6 is 0 Å². The molecule has 1 aliphatic rings. The summed E-state index contributed by atoms with van der Waals surface area (Å²) in [4.78, 5) is 13.4. The Labute approximate surface area is 260 Å². The standard InChI is InChI=1S/C26H23N2O.C11H8N.Ir/c1-16(2)18-8-10-19(11-9-18)20-13-14-27-24(15-20)23-6-4-5-21-22-12-7-17(3)28-26(22)29-25(21)23;1-2-6-10(7-3-1)11-8-4-5-9-12-11;/h4-5,7-8,10-16,18H,9H2,1-3H3;1-6,8-9H;/q2*-1;. The predicted octanol–water partition coefficient (Wildman–Crippen LogP) is 9.31. The van der Waals surface area contributed by atoms with Gasteiger partial charge in [-0.2, -0.15) is 0 Å². The van der Waals surface area contributed by atoms with Crippen LogP contribution in [0.1, 0.15) is 31.5 Å². The second-order valence-corrected chi connectivity index (χ2v) is 10.6. The maximum Gasteiger partial charge on any atom is 0.216 e. The molecular formula is C37H31IrN3O-2. The molecule has 211 valence electrons. The third-order valence-corrected chi connectivity index (χ3v) is 7.43. The first-order valence-corrected chi connectivity index (χ1v) is 14.0. The molecular weight excluding hydrogens is 695 g/mol. The van der Waals surface area contributed by atoms with Gasteiger partial charge >= 0.3 is 0 Å². The largest absolute Gasteiger partial charge is 0.486 e. The first kappa shape index (κ1) is 29.3. The van der Waals surface area contributed by atoms with Crippen LogP contribution in [0.2, 0.25) is 0 Å². The van der Waals surface area contributed by atoms with Crippen molar-refractivity contribution in [2.75, 3.05) is 0 Å². The average molecular weight is 726 g/mol. The number of pyridine rings is 3. The number of benzene rings is 2. The number of allylic oxidation sites excluding steroid dienone is 4. The maximum absolute atomic E-state index is 6.13. The van der Waals surface area contributed by atoms with E-state index < -0.39 is 0 Å². The topological polar surface area (TPSA) is 51.8 Å². The fraction of sp³-hybridized carbons (Fsp3) is 0.162. The summed E-state index contributed by atoms with van der Waals surface area (Å²) >= 11 is 0. The van der Waals surface area contributed by atoms with Gasteiger partial charge in [0.1, 0.15) is 0 Å². The predicted molar refractivity (Wildman–Crippen MR) is 167 cm³/mol. The molecule has 0 saturated carbocycles. The number of hydrogen-bond donors (Lipinski definition) is 0. The Morgan fingerprint density at radius 2 is 1.71 bits per heavy atom. The number of aryl methyl sites for hydroxylation is 1. The van der Waals surface area contributed by atoms with Crippen molar-refractivity contribution in [2.45, 2.75) is 27.2 Å². The monoisotopic (exact) mass is 726 g/mol. The molecule has 2 aromatic carbocycles. The first-order valence-electron chi connectivity index (χ1n) is 14.0. The van der Waals surface area contributed by atoms with E-state index in [1.807, 2.05) is 73.8 Å². The zero-order valence-corrected chi connectivity index (χ0v) is 26.2. The number of nitrogens with zero attached hydrogens (tertiary/aromatic N) is 3. The van der Waals surface area contributed by atoms with Gasteiger partial charge in [0.15, 0.2) is 0 Å². The second kappa shape index (κ2) is 13.2. The van der Waals surface area contributed by atoms with Crippen molar-refractivity contribution < 1.29 is 24.5 Å². The van der Waals surface area contributed by atoms with E-state index in [0.29, 0.717) is 17.5 Å². The van der Waals surface area contributed by atoms with Gasteiger partial charge in [-0.05, 0) is 72.0 Å². The van der Waals surface area contributed by atoms with Gasteiger partial charge in [0.05, 0.1) is 5.58 Å². The quantitative estimate of drug-likeness (QED) is 0.170. The molecule has 0 amide bonds. The van der Waals surface area contributed by atoms with Crippen LogP contribution in [0, 0.1) is 30.9 Å². The SMILES string of the molecule is Cc1ccc2c(n1)oc1c(-c3cc(C4=CCC(C(C)C)C=C4)ccn3)[c-]ccc12.[Ir].[c-]1ccccc1-c1ccccn1. The molecule has 1 radical (unpaired) electrons. The van der Waals surface area contributed by atoms with Crippen LogP contribution in [-0.2, 0) is 20.1 Å². The van der Waals surface area contributed by atoms with Gasteiger partial charge in [0.2, 0.25) is 5.71 Å². The average Bonchev–Trinajstić information content (AvgIpc) is 3.40. The van der Waals surface area contributed by atoms with E-state index in [1.165, 1.54) is 11.1 Å². The van der Waals surface area contributed by atoms with Crippen LogP contribution in [0.4, 0.5) is 0 Å². The minimum atomic E-state index is 0. The number of aromatic nitrogens is 3. The molecule has 0 fully saturated rings. The van der Waals surface area contributed by atoms with Gasteiger partial charge in [-0.1, -0.05) is 61.2 Å². The van der Waals surface area contributed by atoms with Crippen molar-refractivity contribution >= 4 is 27.6 Å². The normalized spacial score (nSPS) is 14.3. The molecule has 0 spiro atoms. The van der Waals surface area contributed by atoms with Crippen molar-refractivity contribution in [3.63, 3.8) is 0 Å². The van der Waals surface area contributed by atoms with Gasteiger partial charge in [-0.15, -0.1) is 54.1 Å². The third kappa shape index (κ3) is 6.33. The summed E-state index contributed by atoms with van der Waals surface area (Å²) < 4.78 is 6.13. The van der Waals surface area contributed by atoms with Crippen LogP contribution in [-0.4, -0.2) is 15.0 Å². The van der Waals surface area contributed by atoms with Crippen LogP contribution in [0.3, 0.4) is 0 Å². The van der Waals surface area contributed by atoms with Crippen molar-refractivity contribution in [2.24, 2.45) is 11.8 Å². The zero-order chi connectivity index (χ0) is 28.2. The summed E-state index contributed by atoms with van der Waals surface area (Å²) in [5.74, 6) is 1.28. The van der Waals surface area contributed by atoms with Crippen LogP contribution in [0.15, 0.2) is 114 Å². The zero-order valence-electron chi connectivity index (χ0n) is 23.8. The molecule has 4 nitrogen and oxygen atoms in total. The molecule has 1 unspecified atom stereocenters. The Kier molecular flexibility index (Phi) is 9.21. The molecule has 4 aromatic heterocycles. The van der Waals surface area contributed by atoms with Crippen LogP contribution in [0.25, 0.3) is 50.2 Å². The number of hydrogen-bond acceptors (Lipinski definition) is 4. The van der Waals surface area contributed by atoms with Crippen LogP contribution < -0.4 is 0 Å². The minimum absolute atomic E-state index is 0. The van der Waals surface area contributed by atoms with Gasteiger partial charge in [-0.3, -0.25) is 0 Å². The molecule has 0 saturated heterocycles. The van der Waals surface area contributed by atoms with E-state index in [1.54, 1.807) is 6.20 Å². The summed E-state index contributed by atoms with van der Waals surface area (Å²) in [6.45, 7) is 6.52. The molecule has 0 aliphatic heterocycles. The molecule has 7 rings (SSSR count). The van der Waals surface area contributed by atoms with Crippen molar-refractivity contribution in [3.8, 4) is 22.5 Å². The molecule has 6 aromatic rings. The summed E-state index contributed by atoms with van der Waals surface area (Å²) in [6.07, 6.45) is 11.6. The van der Waals surface area contributed by atoms with Gasteiger partial charge in [0, 0.05) is 43.6 Å². The Hall–Kier alpha value is -4.18. The smallest absolute Gasteiger partial charge is 0.216 e. The van der Waals surface area contributed by atoms with E-state index in [4.69, 9.17) is 4.42 Å². The number of fused-ring (bicyclic) bond motifs is 3. The number of rotatable bonds is 4. The number of furan rings is 1. The Morgan fingerprint density at radius 1 is 0.857 bits per heavy atom. The molecule has 1 aliphatic carbocycles. The van der Waals surface area contributed by atoms with E-state index in [0.717, 1.165) is 51.0 Å². The van der Waals surface area contributed by atoms with Crippen molar-refractivity contribution in [1.82, 2.24) is 15.0 Å². The van der Waals surface area contributed by atoms with E-state index >= 15 is 0 Å². The summed E-state index contributed by atoms with van der Waals surface area (Å²) in [7, 11) is 0. The fourth-order valence-electron chi connectivity index (χ4n) is 5.07. The Balaban J connectivity index is 0.000000228. The van der Waals surface area contributed by atoms with Gasteiger partial charge < -0.3 is 14.4 Å². The third-order valence-electron chi connectivity index (χ3n) is 7.43. The Bertz CT molecular complexity index is 1820. The minimum Gasteiger partial charge on any atom is -0.486 e. The summed E-state index contributed by atoms with van der Waals surface area (Å²) in [6, 6.07) is 32.4. The molecule has 4 heterocycles. The van der Waals surface area contributed by atoms with E-state index in [2.05, 4.69) is 77.4 Å². The molecule has 0 N–H and O–H groups in total. The Morgan fingerprint density at radius 3 is 2.45 bits per heavy atom. The van der Waals surface area contributed by atoms with Gasteiger partial charge in [-0.25, -0.2) is 4.98 Å². The van der Waals surface area contributed by atoms with Crippen LogP contribution in [0.5, 0.6) is 0 Å². The molecule has 5 heteroatoms. The van der Waals surface area contributed by atoms with Crippen molar-refractivity contribution in [1.29, 1.82) is 0 Å². The van der Waals surface area contributed by atoms with E-state index in [9.17, 15) is 0 Å².